The topological polar surface area (TPSA) is 43.3 Å². The zero-order valence-corrected chi connectivity index (χ0v) is 19.6. The predicted molar refractivity (Wildman–Crippen MR) is 120 cm³/mol. The Labute approximate surface area is 178 Å². The molecule has 0 N–H and O–H groups in total. The number of aliphatic imine (C=N–C) groups is 1. The third-order valence-corrected chi connectivity index (χ3v) is 5.62. The summed E-state index contributed by atoms with van der Waals surface area (Å²) in [6.07, 6.45) is 9.50. The van der Waals surface area contributed by atoms with Gasteiger partial charge < -0.3 is 19.1 Å². The second kappa shape index (κ2) is 10.7. The molecule has 1 aliphatic heterocycles. The largest absolute Gasteiger partial charge is 0.375 e. The van der Waals surface area contributed by atoms with Gasteiger partial charge in [-0.2, -0.15) is 0 Å². The summed E-state index contributed by atoms with van der Waals surface area (Å²) in [4.78, 5) is 7.25. The Morgan fingerprint density at radius 3 is 2.17 bits per heavy atom. The normalized spacial score (nSPS) is 24.9. The van der Waals surface area contributed by atoms with Crippen LogP contribution < -0.4 is 0 Å². The van der Waals surface area contributed by atoms with E-state index >= 15 is 0 Å². The van der Waals surface area contributed by atoms with E-state index in [1.54, 1.807) is 0 Å². The standard InChI is InChI=1S/C24H42N2O3/c1-9-10-23(25-19(6)24(7,8)29-18(4)5)26-13-11-20(12-14-26)28-22-15-21(16-22)27-17(2)3/h9-10,17-18,20-22H,1,11-16H2,2-8H3/b23-10+,25-19?. The van der Waals surface area contributed by atoms with Crippen LogP contribution in [0.3, 0.4) is 0 Å². The van der Waals surface area contributed by atoms with Crippen molar-refractivity contribution < 1.29 is 14.2 Å². The van der Waals surface area contributed by atoms with E-state index < -0.39 is 5.60 Å². The molecule has 1 saturated carbocycles. The molecule has 0 bridgehead atoms. The van der Waals surface area contributed by atoms with Gasteiger partial charge in [0, 0.05) is 18.8 Å². The maximum atomic E-state index is 6.30. The third kappa shape index (κ3) is 7.54. The molecule has 2 fully saturated rings. The number of hydrogen-bond acceptors (Lipinski definition) is 5. The van der Waals surface area contributed by atoms with E-state index in [0.29, 0.717) is 24.4 Å². The van der Waals surface area contributed by atoms with Crippen LogP contribution >= 0.6 is 0 Å². The lowest BCUT2D eigenvalue weighted by molar-refractivity contribution is -0.145. The van der Waals surface area contributed by atoms with Gasteiger partial charge in [0.25, 0.3) is 0 Å². The van der Waals surface area contributed by atoms with E-state index in [4.69, 9.17) is 19.2 Å². The van der Waals surface area contributed by atoms with Crippen molar-refractivity contribution in [2.75, 3.05) is 13.1 Å². The van der Waals surface area contributed by atoms with E-state index in [2.05, 4.69) is 53.0 Å². The highest BCUT2D eigenvalue weighted by atomic mass is 16.5. The minimum absolute atomic E-state index is 0.159. The van der Waals surface area contributed by atoms with Crippen LogP contribution in [0.4, 0.5) is 0 Å². The Hall–Kier alpha value is -1.17. The van der Waals surface area contributed by atoms with Crippen LogP contribution in [-0.4, -0.2) is 59.8 Å². The molecule has 2 rings (SSSR count). The number of ether oxygens (including phenoxy) is 3. The highest BCUT2D eigenvalue weighted by molar-refractivity contribution is 5.90. The Morgan fingerprint density at radius 2 is 1.66 bits per heavy atom. The van der Waals surface area contributed by atoms with Crippen molar-refractivity contribution in [1.29, 1.82) is 0 Å². The van der Waals surface area contributed by atoms with Crippen molar-refractivity contribution in [3.8, 4) is 0 Å². The van der Waals surface area contributed by atoms with Gasteiger partial charge in [0.1, 0.15) is 11.4 Å². The molecule has 0 aromatic rings. The lowest BCUT2D eigenvalue weighted by Gasteiger charge is -2.41. The molecule has 0 aromatic heterocycles. The van der Waals surface area contributed by atoms with Gasteiger partial charge in [-0.15, -0.1) is 0 Å². The molecule has 0 amide bonds. The maximum absolute atomic E-state index is 6.30. The van der Waals surface area contributed by atoms with Crippen LogP contribution in [0.5, 0.6) is 0 Å². The van der Waals surface area contributed by atoms with E-state index in [-0.39, 0.29) is 6.10 Å². The van der Waals surface area contributed by atoms with Crippen LogP contribution in [0.15, 0.2) is 29.5 Å². The van der Waals surface area contributed by atoms with Crippen LogP contribution in [-0.2, 0) is 14.2 Å². The van der Waals surface area contributed by atoms with Crippen LogP contribution in [0.2, 0.25) is 0 Å². The third-order valence-electron chi connectivity index (χ3n) is 5.62. The molecule has 0 spiro atoms. The van der Waals surface area contributed by atoms with Gasteiger partial charge in [-0.25, -0.2) is 4.99 Å². The number of nitrogens with zero attached hydrogens (tertiary/aromatic N) is 2. The number of allylic oxidation sites excluding steroid dienone is 2. The number of hydrogen-bond donors (Lipinski definition) is 0. The highest BCUT2D eigenvalue weighted by Gasteiger charge is 2.34. The summed E-state index contributed by atoms with van der Waals surface area (Å²) < 4.78 is 18.2. The summed E-state index contributed by atoms with van der Waals surface area (Å²) in [5.41, 5.74) is 0.581. The molecule has 5 nitrogen and oxygen atoms in total. The van der Waals surface area contributed by atoms with Crippen LogP contribution in [0, 0.1) is 0 Å². The van der Waals surface area contributed by atoms with Crippen molar-refractivity contribution in [2.45, 2.75) is 110 Å². The lowest BCUT2D eigenvalue weighted by atomic mass is 9.91. The molecule has 0 unspecified atom stereocenters. The first kappa shape index (κ1) is 24.1. The average molecular weight is 407 g/mol. The zero-order valence-electron chi connectivity index (χ0n) is 19.6. The fourth-order valence-electron chi connectivity index (χ4n) is 3.92. The SMILES string of the molecule is C=C/C=C(\N=C(C)C(C)(C)OC(C)C)N1CCC(OC2CC(OC(C)C)C2)CC1. The molecule has 29 heavy (non-hydrogen) atoms. The first-order valence-corrected chi connectivity index (χ1v) is 11.2. The average Bonchev–Trinajstić information content (AvgIpc) is 2.58. The molecule has 166 valence electrons. The Balaban J connectivity index is 1.86. The summed E-state index contributed by atoms with van der Waals surface area (Å²) in [7, 11) is 0. The van der Waals surface area contributed by atoms with Crippen molar-refractivity contribution in [3.05, 3.63) is 24.6 Å². The molecule has 0 radical (unpaired) electrons. The molecule has 1 heterocycles. The number of likely N-dealkylation sites (tertiary alicyclic amines) is 1. The fraction of sp³-hybridized carbons (Fsp3) is 0.792. The summed E-state index contributed by atoms with van der Waals surface area (Å²) >= 11 is 0. The van der Waals surface area contributed by atoms with Crippen molar-refractivity contribution >= 4 is 5.71 Å². The predicted octanol–water partition coefficient (Wildman–Crippen LogP) is 5.12. The van der Waals surface area contributed by atoms with Gasteiger partial charge in [-0.05, 0) is 80.2 Å². The fourth-order valence-corrected chi connectivity index (χ4v) is 3.92. The second-order valence-electron chi connectivity index (χ2n) is 9.36. The molecule has 2 aliphatic rings. The Bertz CT molecular complexity index is 581. The minimum Gasteiger partial charge on any atom is -0.375 e. The summed E-state index contributed by atoms with van der Waals surface area (Å²) in [6, 6.07) is 0. The smallest absolute Gasteiger partial charge is 0.128 e. The number of rotatable bonds is 10. The minimum atomic E-state index is -0.394. The van der Waals surface area contributed by atoms with Crippen molar-refractivity contribution in [3.63, 3.8) is 0 Å². The van der Waals surface area contributed by atoms with Gasteiger partial charge in [0.05, 0.1) is 30.5 Å². The summed E-state index contributed by atoms with van der Waals surface area (Å²) in [5, 5.41) is 0. The van der Waals surface area contributed by atoms with Gasteiger partial charge in [-0.1, -0.05) is 12.7 Å². The van der Waals surface area contributed by atoms with Crippen LogP contribution in [0.1, 0.15) is 74.1 Å². The van der Waals surface area contributed by atoms with Gasteiger partial charge in [0.2, 0.25) is 0 Å². The number of piperidine rings is 1. The quantitative estimate of drug-likeness (QED) is 0.373. The Morgan fingerprint density at radius 1 is 1.03 bits per heavy atom. The monoisotopic (exact) mass is 406 g/mol. The van der Waals surface area contributed by atoms with Gasteiger partial charge >= 0.3 is 0 Å². The van der Waals surface area contributed by atoms with Gasteiger partial charge in [-0.3, -0.25) is 0 Å². The van der Waals surface area contributed by atoms with E-state index in [1.807, 2.05) is 19.1 Å². The highest BCUT2D eigenvalue weighted by Crippen LogP contribution is 2.31. The van der Waals surface area contributed by atoms with E-state index in [0.717, 1.165) is 50.3 Å². The maximum Gasteiger partial charge on any atom is 0.128 e. The molecular weight excluding hydrogens is 364 g/mol. The zero-order chi connectivity index (χ0) is 21.6. The first-order chi connectivity index (χ1) is 13.6. The van der Waals surface area contributed by atoms with E-state index in [1.165, 1.54) is 0 Å². The van der Waals surface area contributed by atoms with Crippen LogP contribution in [0.25, 0.3) is 0 Å². The van der Waals surface area contributed by atoms with E-state index in [9.17, 15) is 0 Å². The van der Waals surface area contributed by atoms with Crippen molar-refractivity contribution in [1.82, 2.24) is 4.90 Å². The molecular formula is C24H42N2O3. The summed E-state index contributed by atoms with van der Waals surface area (Å²) in [5.74, 6) is 0.963. The molecule has 1 saturated heterocycles. The summed E-state index contributed by atoms with van der Waals surface area (Å²) in [6.45, 7) is 20.3. The first-order valence-electron chi connectivity index (χ1n) is 11.2. The van der Waals surface area contributed by atoms with Crippen molar-refractivity contribution in [2.24, 2.45) is 4.99 Å². The molecule has 0 aromatic carbocycles. The lowest BCUT2D eigenvalue weighted by Crippen LogP contribution is -2.44. The second-order valence-corrected chi connectivity index (χ2v) is 9.36. The Kier molecular flexibility index (Phi) is 8.92. The van der Waals surface area contributed by atoms with Gasteiger partial charge in [0.15, 0.2) is 0 Å². The molecule has 0 atom stereocenters. The molecule has 5 heteroatoms. The molecule has 1 aliphatic carbocycles.